The van der Waals surface area contributed by atoms with Crippen molar-refractivity contribution in [2.75, 3.05) is 11.5 Å². The van der Waals surface area contributed by atoms with Crippen molar-refractivity contribution in [3.8, 4) is 0 Å². The summed E-state index contributed by atoms with van der Waals surface area (Å²) in [5, 5.41) is 9.67. The summed E-state index contributed by atoms with van der Waals surface area (Å²) in [7, 11) is 0. The van der Waals surface area contributed by atoms with E-state index < -0.39 is 0 Å². The van der Waals surface area contributed by atoms with Crippen LogP contribution < -0.4 is 11.5 Å². The summed E-state index contributed by atoms with van der Waals surface area (Å²) >= 11 is 0. The smallest absolute Gasteiger partial charge is 0.0641 e. The number of aromatic nitrogens is 2. The Kier molecular flexibility index (Phi) is 2.61. The normalized spacial score (nSPS) is 12.9. The van der Waals surface area contributed by atoms with Gasteiger partial charge in [0.2, 0.25) is 0 Å². The molecule has 0 fully saturated rings. The van der Waals surface area contributed by atoms with Gasteiger partial charge in [-0.3, -0.25) is 0 Å². The van der Waals surface area contributed by atoms with E-state index in [4.69, 9.17) is 11.5 Å². The van der Waals surface area contributed by atoms with Crippen molar-refractivity contribution in [2.24, 2.45) is 0 Å². The molecule has 4 N–H and O–H groups in total. The van der Waals surface area contributed by atoms with Crippen molar-refractivity contribution >= 4 is 87.6 Å². The Hall–Kier alpha value is -4.70. The molecule has 0 saturated heterocycles. The van der Waals surface area contributed by atoms with Crippen LogP contribution in [0, 0.1) is 0 Å². The van der Waals surface area contributed by atoms with Crippen LogP contribution in [-0.4, -0.2) is 8.80 Å². The van der Waals surface area contributed by atoms with Gasteiger partial charge in [-0.05, 0) is 36.4 Å². The summed E-state index contributed by atoms with van der Waals surface area (Å²) in [6, 6.07) is 30.3. The largest absolute Gasteiger partial charge is 0.398 e. The number of para-hydroxylation sites is 2. The van der Waals surface area contributed by atoms with Crippen LogP contribution in [0.1, 0.15) is 0 Å². The second-order valence-corrected chi connectivity index (χ2v) is 9.44. The molecule has 0 radical (unpaired) electrons. The Labute approximate surface area is 192 Å². The first kappa shape index (κ1) is 16.9. The average Bonchev–Trinajstić information content (AvgIpc) is 3.56. The molecule has 0 atom stereocenters. The predicted octanol–water partition coefficient (Wildman–Crippen LogP) is 7.15. The molecule has 5 aromatic carbocycles. The minimum atomic E-state index is 0.827. The van der Waals surface area contributed by atoms with E-state index >= 15 is 0 Å². The maximum atomic E-state index is 6.51. The highest BCUT2D eigenvalue weighted by Gasteiger charge is 2.23. The third kappa shape index (κ3) is 1.64. The van der Waals surface area contributed by atoms with Gasteiger partial charge < -0.3 is 20.3 Å². The van der Waals surface area contributed by atoms with E-state index in [1.54, 1.807) is 0 Å². The van der Waals surface area contributed by atoms with Gasteiger partial charge in [0, 0.05) is 54.5 Å². The van der Waals surface area contributed by atoms with Gasteiger partial charge in [-0.1, -0.05) is 48.5 Å². The fourth-order valence-corrected chi connectivity index (χ4v) is 6.56. The number of hydrogen-bond donors (Lipinski definition) is 2. The molecule has 0 spiro atoms. The lowest BCUT2D eigenvalue weighted by Crippen LogP contribution is -1.85. The molecule has 158 valence electrons. The van der Waals surface area contributed by atoms with Gasteiger partial charge in [-0.15, -0.1) is 0 Å². The molecule has 4 heterocycles. The highest BCUT2D eigenvalue weighted by molar-refractivity contribution is 6.31. The molecule has 4 nitrogen and oxygen atoms in total. The van der Waals surface area contributed by atoms with Crippen molar-refractivity contribution in [3.63, 3.8) is 0 Å². The van der Waals surface area contributed by atoms with Crippen LogP contribution in [0.3, 0.4) is 0 Å². The number of fused-ring (bicyclic) bond motifs is 12. The number of nitrogens with zero attached hydrogens (tertiary/aromatic N) is 2. The third-order valence-corrected chi connectivity index (χ3v) is 7.87. The maximum absolute atomic E-state index is 6.51. The Morgan fingerprint density at radius 1 is 0.412 bits per heavy atom. The maximum Gasteiger partial charge on any atom is 0.0641 e. The average molecular weight is 435 g/mol. The zero-order valence-corrected chi connectivity index (χ0v) is 18.1. The summed E-state index contributed by atoms with van der Waals surface area (Å²) < 4.78 is 4.79. The highest BCUT2D eigenvalue weighted by Crippen LogP contribution is 2.46. The number of rotatable bonds is 0. The molecule has 4 heteroatoms. The molecule has 9 rings (SSSR count). The van der Waals surface area contributed by atoms with Crippen LogP contribution in [0.25, 0.3) is 76.2 Å². The summed E-state index contributed by atoms with van der Waals surface area (Å²) in [6.07, 6.45) is 0. The number of nitrogen functional groups attached to an aromatic ring is 2. The minimum Gasteiger partial charge on any atom is -0.398 e. The lowest BCUT2D eigenvalue weighted by atomic mass is 10.0. The Bertz CT molecular complexity index is 2130. The summed E-state index contributed by atoms with van der Waals surface area (Å²) in [5.74, 6) is 0. The second kappa shape index (κ2) is 5.26. The first-order chi connectivity index (χ1) is 16.7. The summed E-state index contributed by atoms with van der Waals surface area (Å²) in [4.78, 5) is 0. The van der Waals surface area contributed by atoms with E-state index in [-0.39, 0.29) is 0 Å². The molecule has 34 heavy (non-hydrogen) atoms. The van der Waals surface area contributed by atoms with Crippen molar-refractivity contribution in [3.05, 3.63) is 84.9 Å². The van der Waals surface area contributed by atoms with Crippen molar-refractivity contribution in [2.45, 2.75) is 0 Å². The third-order valence-electron chi connectivity index (χ3n) is 7.87. The topological polar surface area (TPSA) is 60.9 Å². The van der Waals surface area contributed by atoms with Gasteiger partial charge >= 0.3 is 0 Å². The molecule has 4 aromatic heterocycles. The van der Waals surface area contributed by atoms with E-state index in [0.717, 1.165) is 22.1 Å². The summed E-state index contributed by atoms with van der Waals surface area (Å²) in [6.45, 7) is 0. The van der Waals surface area contributed by atoms with Crippen LogP contribution in [0.5, 0.6) is 0 Å². The Morgan fingerprint density at radius 2 is 0.853 bits per heavy atom. The molecule has 0 unspecified atom stereocenters. The number of benzene rings is 5. The van der Waals surface area contributed by atoms with Gasteiger partial charge in [0.05, 0.1) is 33.1 Å². The van der Waals surface area contributed by atoms with Gasteiger partial charge in [0.15, 0.2) is 0 Å². The quantitative estimate of drug-likeness (QED) is 0.249. The fourth-order valence-electron chi connectivity index (χ4n) is 6.56. The van der Waals surface area contributed by atoms with Crippen LogP contribution in [-0.2, 0) is 0 Å². The SMILES string of the molecule is Nc1ccc2c3cc4c(cc3n3c5ccccc5c1c23)c1ccc(N)c2c3ccccc3n4c12. The van der Waals surface area contributed by atoms with E-state index in [1.165, 1.54) is 65.4 Å². The summed E-state index contributed by atoms with van der Waals surface area (Å²) in [5.41, 5.74) is 21.9. The first-order valence-electron chi connectivity index (χ1n) is 11.5. The molecule has 9 aromatic rings. The zero-order chi connectivity index (χ0) is 22.3. The Balaban J connectivity index is 1.63. The first-order valence-corrected chi connectivity index (χ1v) is 11.5. The van der Waals surface area contributed by atoms with E-state index in [0.29, 0.717) is 0 Å². The standard InChI is InChI=1S/C30H18N4/c31-21-11-9-15-19-14-26-20(13-25(19)33-23-7-3-1-5-17(23)27(21)29(15)33)16-10-12-22(32)28-18-6-2-4-8-24(18)34(26)30(16)28/h1-14H,31-32H2. The fraction of sp³-hybridized carbons (Fsp3) is 0. The van der Waals surface area contributed by atoms with Crippen LogP contribution in [0.15, 0.2) is 84.9 Å². The minimum absolute atomic E-state index is 0.827. The number of hydrogen-bond acceptors (Lipinski definition) is 2. The predicted molar refractivity (Wildman–Crippen MR) is 145 cm³/mol. The molecular weight excluding hydrogens is 416 g/mol. The molecule has 0 amide bonds. The lowest BCUT2D eigenvalue weighted by Gasteiger charge is -2.02. The second-order valence-electron chi connectivity index (χ2n) is 9.44. The molecular formula is C30H18N4. The van der Waals surface area contributed by atoms with Crippen LogP contribution >= 0.6 is 0 Å². The number of nitrogens with two attached hydrogens (primary N) is 2. The Morgan fingerprint density at radius 3 is 1.32 bits per heavy atom. The lowest BCUT2D eigenvalue weighted by molar-refractivity contribution is 1.36. The molecule has 0 aliphatic carbocycles. The number of anilines is 2. The molecule has 0 bridgehead atoms. The van der Waals surface area contributed by atoms with E-state index in [1.807, 2.05) is 0 Å². The van der Waals surface area contributed by atoms with E-state index in [2.05, 4.69) is 93.7 Å². The van der Waals surface area contributed by atoms with Crippen molar-refractivity contribution in [1.29, 1.82) is 0 Å². The van der Waals surface area contributed by atoms with Crippen molar-refractivity contribution < 1.29 is 0 Å². The van der Waals surface area contributed by atoms with Gasteiger partial charge in [-0.25, -0.2) is 0 Å². The van der Waals surface area contributed by atoms with Crippen LogP contribution in [0.2, 0.25) is 0 Å². The van der Waals surface area contributed by atoms with Gasteiger partial charge in [0.1, 0.15) is 0 Å². The molecule has 0 aliphatic heterocycles. The zero-order valence-electron chi connectivity index (χ0n) is 18.1. The monoisotopic (exact) mass is 434 g/mol. The molecule has 0 saturated carbocycles. The van der Waals surface area contributed by atoms with Crippen molar-refractivity contribution in [1.82, 2.24) is 8.80 Å². The highest BCUT2D eigenvalue weighted by atomic mass is 14.9. The van der Waals surface area contributed by atoms with Crippen LogP contribution in [0.4, 0.5) is 11.4 Å². The molecule has 0 aliphatic rings. The van der Waals surface area contributed by atoms with Gasteiger partial charge in [-0.2, -0.15) is 0 Å². The van der Waals surface area contributed by atoms with Gasteiger partial charge in [0.25, 0.3) is 0 Å². The van der Waals surface area contributed by atoms with E-state index in [9.17, 15) is 0 Å².